The number of nitrogens with one attached hydrogen (secondary N) is 1. The van der Waals surface area contributed by atoms with E-state index in [1.54, 1.807) is 17.4 Å². The summed E-state index contributed by atoms with van der Waals surface area (Å²) in [7, 11) is 0. The van der Waals surface area contributed by atoms with E-state index in [0.29, 0.717) is 12.2 Å². The lowest BCUT2D eigenvalue weighted by Gasteiger charge is -2.23. The van der Waals surface area contributed by atoms with Gasteiger partial charge in [-0.25, -0.2) is 4.39 Å². The van der Waals surface area contributed by atoms with Gasteiger partial charge in [0.25, 0.3) is 0 Å². The first kappa shape index (κ1) is 15.0. The van der Waals surface area contributed by atoms with E-state index in [1.807, 2.05) is 25.1 Å². The molecule has 0 aliphatic rings. The molecule has 2 nitrogen and oxygen atoms in total. The van der Waals surface area contributed by atoms with Crippen LogP contribution in [0.3, 0.4) is 0 Å². The van der Waals surface area contributed by atoms with Crippen molar-refractivity contribution in [1.82, 2.24) is 5.32 Å². The van der Waals surface area contributed by atoms with Gasteiger partial charge < -0.3 is 10.2 Å². The lowest BCUT2D eigenvalue weighted by Crippen LogP contribution is -2.22. The maximum absolute atomic E-state index is 14.3. The van der Waals surface area contributed by atoms with Crippen LogP contribution in [-0.4, -0.2) is 13.1 Å². The van der Waals surface area contributed by atoms with Crippen molar-refractivity contribution in [2.45, 2.75) is 26.9 Å². The van der Waals surface area contributed by atoms with Crippen molar-refractivity contribution in [3.63, 3.8) is 0 Å². The molecule has 0 radical (unpaired) electrons. The van der Waals surface area contributed by atoms with E-state index in [2.05, 4.69) is 28.6 Å². The van der Waals surface area contributed by atoms with Crippen LogP contribution in [0.4, 0.5) is 10.1 Å². The van der Waals surface area contributed by atoms with Crippen molar-refractivity contribution in [3.05, 3.63) is 52.0 Å². The molecule has 2 rings (SSSR count). The van der Waals surface area contributed by atoms with E-state index in [4.69, 9.17) is 0 Å². The topological polar surface area (TPSA) is 15.3 Å². The summed E-state index contributed by atoms with van der Waals surface area (Å²) < 4.78 is 14.3. The molecule has 1 N–H and O–H groups in total. The van der Waals surface area contributed by atoms with Crippen LogP contribution in [0.1, 0.15) is 24.3 Å². The Morgan fingerprint density at radius 2 is 2.10 bits per heavy atom. The van der Waals surface area contributed by atoms with Crippen LogP contribution in [0.2, 0.25) is 0 Å². The number of hydrogen-bond acceptors (Lipinski definition) is 3. The predicted molar refractivity (Wildman–Crippen MR) is 84.8 cm³/mol. The minimum Gasteiger partial charge on any atom is -0.364 e. The van der Waals surface area contributed by atoms with Gasteiger partial charge in [0.1, 0.15) is 5.82 Å². The molecule has 0 saturated heterocycles. The van der Waals surface area contributed by atoms with Crippen LogP contribution in [-0.2, 0) is 13.1 Å². The summed E-state index contributed by atoms with van der Waals surface area (Å²) in [5.41, 5.74) is 1.67. The molecule has 4 heteroatoms. The summed E-state index contributed by atoms with van der Waals surface area (Å²) in [6, 6.07) is 9.64. The van der Waals surface area contributed by atoms with Gasteiger partial charge in [-0.3, -0.25) is 0 Å². The summed E-state index contributed by atoms with van der Waals surface area (Å²) in [6.45, 7) is 7.26. The Hall–Kier alpha value is -1.39. The molecule has 1 aromatic heterocycles. The minimum absolute atomic E-state index is 0.140. The second-order valence-corrected chi connectivity index (χ2v) is 5.69. The highest BCUT2D eigenvalue weighted by atomic mass is 32.1. The van der Waals surface area contributed by atoms with Gasteiger partial charge in [-0.1, -0.05) is 19.1 Å². The third-order valence-corrected chi connectivity index (χ3v) is 4.10. The van der Waals surface area contributed by atoms with E-state index in [1.165, 1.54) is 4.88 Å². The van der Waals surface area contributed by atoms with Gasteiger partial charge in [-0.15, -0.1) is 11.3 Å². The monoisotopic (exact) mass is 292 g/mol. The zero-order valence-corrected chi connectivity index (χ0v) is 12.8. The summed E-state index contributed by atoms with van der Waals surface area (Å²) in [5, 5.41) is 5.27. The standard InChI is InChI=1S/C16H21FN2S/c1-3-18-11-13-7-8-16(15(17)10-13)19(4-2)12-14-6-5-9-20-14/h5-10,18H,3-4,11-12H2,1-2H3. The molecule has 0 aliphatic heterocycles. The Labute approximate surface area is 124 Å². The van der Waals surface area contributed by atoms with Crippen LogP contribution in [0.5, 0.6) is 0 Å². The average molecular weight is 292 g/mol. The van der Waals surface area contributed by atoms with Gasteiger partial charge in [-0.2, -0.15) is 0 Å². The van der Waals surface area contributed by atoms with E-state index in [9.17, 15) is 4.39 Å². The second kappa shape index (κ2) is 7.41. The predicted octanol–water partition coefficient (Wildman–Crippen LogP) is 4.02. The average Bonchev–Trinajstić information content (AvgIpc) is 2.96. The number of halogens is 1. The number of thiophene rings is 1. The zero-order chi connectivity index (χ0) is 14.4. The van der Waals surface area contributed by atoms with Crippen LogP contribution >= 0.6 is 11.3 Å². The van der Waals surface area contributed by atoms with Gasteiger partial charge in [0, 0.05) is 18.0 Å². The number of benzene rings is 1. The number of nitrogens with zero attached hydrogens (tertiary/aromatic N) is 1. The lowest BCUT2D eigenvalue weighted by atomic mass is 10.1. The molecule has 0 fully saturated rings. The SMILES string of the molecule is CCNCc1ccc(N(CC)Cc2cccs2)c(F)c1. The van der Waals surface area contributed by atoms with E-state index in [0.717, 1.165) is 25.2 Å². The van der Waals surface area contributed by atoms with Gasteiger partial charge in [0.15, 0.2) is 0 Å². The van der Waals surface area contributed by atoms with Crippen molar-refractivity contribution in [1.29, 1.82) is 0 Å². The van der Waals surface area contributed by atoms with Gasteiger partial charge in [0.05, 0.1) is 12.2 Å². The van der Waals surface area contributed by atoms with Crippen molar-refractivity contribution in [2.24, 2.45) is 0 Å². The molecule has 0 spiro atoms. The fraction of sp³-hybridized carbons (Fsp3) is 0.375. The molecule has 0 amide bonds. The molecule has 0 atom stereocenters. The Morgan fingerprint density at radius 1 is 1.25 bits per heavy atom. The molecular formula is C16H21FN2S. The molecular weight excluding hydrogens is 271 g/mol. The fourth-order valence-electron chi connectivity index (χ4n) is 2.14. The molecule has 2 aromatic rings. The zero-order valence-electron chi connectivity index (χ0n) is 12.0. The summed E-state index contributed by atoms with van der Waals surface area (Å²) in [6.07, 6.45) is 0. The Balaban J connectivity index is 2.13. The lowest BCUT2D eigenvalue weighted by molar-refractivity contribution is 0.613. The normalized spacial score (nSPS) is 10.8. The van der Waals surface area contributed by atoms with Crippen molar-refractivity contribution >= 4 is 17.0 Å². The number of hydrogen-bond donors (Lipinski definition) is 1. The smallest absolute Gasteiger partial charge is 0.146 e. The summed E-state index contributed by atoms with van der Waals surface area (Å²) in [5.74, 6) is -0.140. The highest BCUT2D eigenvalue weighted by Crippen LogP contribution is 2.23. The van der Waals surface area contributed by atoms with Crippen molar-refractivity contribution < 1.29 is 4.39 Å². The molecule has 1 heterocycles. The van der Waals surface area contributed by atoms with Crippen molar-refractivity contribution in [2.75, 3.05) is 18.0 Å². The first-order valence-electron chi connectivity index (χ1n) is 7.01. The second-order valence-electron chi connectivity index (χ2n) is 4.66. The first-order valence-corrected chi connectivity index (χ1v) is 7.89. The maximum atomic E-state index is 14.3. The highest BCUT2D eigenvalue weighted by Gasteiger charge is 2.11. The maximum Gasteiger partial charge on any atom is 0.146 e. The Bertz CT molecular complexity index is 525. The third kappa shape index (κ3) is 3.81. The summed E-state index contributed by atoms with van der Waals surface area (Å²) in [4.78, 5) is 3.32. The van der Waals surface area contributed by atoms with Crippen LogP contribution < -0.4 is 10.2 Å². The molecule has 108 valence electrons. The van der Waals surface area contributed by atoms with Crippen LogP contribution in [0.25, 0.3) is 0 Å². The minimum atomic E-state index is -0.140. The van der Waals surface area contributed by atoms with Crippen molar-refractivity contribution in [3.8, 4) is 0 Å². The fourth-order valence-corrected chi connectivity index (χ4v) is 2.86. The molecule has 0 bridgehead atoms. The largest absolute Gasteiger partial charge is 0.364 e. The number of anilines is 1. The molecule has 0 aliphatic carbocycles. The molecule has 20 heavy (non-hydrogen) atoms. The molecule has 1 aromatic carbocycles. The quantitative estimate of drug-likeness (QED) is 0.829. The van der Waals surface area contributed by atoms with E-state index >= 15 is 0 Å². The Morgan fingerprint density at radius 3 is 2.70 bits per heavy atom. The third-order valence-electron chi connectivity index (χ3n) is 3.24. The first-order chi connectivity index (χ1) is 9.74. The van der Waals surface area contributed by atoms with E-state index < -0.39 is 0 Å². The number of rotatable bonds is 7. The van der Waals surface area contributed by atoms with Gasteiger partial charge in [-0.05, 0) is 42.6 Å². The van der Waals surface area contributed by atoms with Gasteiger partial charge >= 0.3 is 0 Å². The summed E-state index contributed by atoms with van der Waals surface area (Å²) >= 11 is 1.71. The molecule has 0 unspecified atom stereocenters. The van der Waals surface area contributed by atoms with Gasteiger partial charge in [0.2, 0.25) is 0 Å². The highest BCUT2D eigenvalue weighted by molar-refractivity contribution is 7.09. The van der Waals surface area contributed by atoms with E-state index in [-0.39, 0.29) is 5.82 Å². The Kier molecular flexibility index (Phi) is 5.56. The molecule has 0 saturated carbocycles. The van der Waals surface area contributed by atoms with Crippen LogP contribution in [0, 0.1) is 5.82 Å². The van der Waals surface area contributed by atoms with Crippen LogP contribution in [0.15, 0.2) is 35.7 Å².